The molecule has 0 radical (unpaired) electrons. The maximum absolute atomic E-state index is 11.9. The van der Waals surface area contributed by atoms with E-state index in [2.05, 4.69) is 0 Å². The maximum Gasteiger partial charge on any atom is 0.293 e. The maximum atomic E-state index is 11.9. The highest BCUT2D eigenvalue weighted by Gasteiger charge is 2.23. The van der Waals surface area contributed by atoms with Gasteiger partial charge in [-0.3, -0.25) is 20.8 Å². The number of nitro groups is 1. The van der Waals surface area contributed by atoms with Crippen molar-refractivity contribution >= 4 is 27.3 Å². The number of benzene rings is 1. The number of nitrogen functional groups attached to an aromatic ring is 1. The second-order valence-electron chi connectivity index (χ2n) is 3.83. The molecule has 1 atom stereocenters. The fraction of sp³-hybridized carbons (Fsp3) is 0.222. The first-order valence-electron chi connectivity index (χ1n) is 5.25. The first-order valence-corrected chi connectivity index (χ1v) is 6.74. The van der Waals surface area contributed by atoms with Crippen LogP contribution in [0.15, 0.2) is 23.1 Å². The van der Waals surface area contributed by atoms with E-state index < -0.39 is 26.9 Å². The van der Waals surface area contributed by atoms with Crippen molar-refractivity contribution in [3.05, 3.63) is 28.3 Å². The fourth-order valence-electron chi connectivity index (χ4n) is 1.32. The molecule has 1 aromatic carbocycles. The van der Waals surface area contributed by atoms with Gasteiger partial charge in [-0.1, -0.05) is 0 Å². The minimum Gasteiger partial charge on any atom is -0.368 e. The molecule has 6 N–H and O–H groups in total. The molecule has 10 nitrogen and oxygen atoms in total. The Morgan fingerprint density at radius 3 is 2.50 bits per heavy atom. The summed E-state index contributed by atoms with van der Waals surface area (Å²) in [5.41, 5.74) is 6.44. The van der Waals surface area contributed by atoms with Crippen LogP contribution in [-0.4, -0.2) is 25.3 Å². The van der Waals surface area contributed by atoms with E-state index in [4.69, 9.17) is 11.6 Å². The molecular formula is C9H13N5O5S. The summed E-state index contributed by atoms with van der Waals surface area (Å²) in [7, 11) is -4.05. The van der Waals surface area contributed by atoms with Gasteiger partial charge in [-0.15, -0.1) is 0 Å². The van der Waals surface area contributed by atoms with Crippen molar-refractivity contribution in [1.29, 1.82) is 0 Å². The number of nitrogens with two attached hydrogens (primary N) is 2. The predicted molar refractivity (Wildman–Crippen MR) is 69.9 cm³/mol. The number of hydrogen-bond acceptors (Lipinski definition) is 7. The average Bonchev–Trinajstić information content (AvgIpc) is 2.37. The third-order valence-corrected chi connectivity index (χ3v) is 3.93. The number of nitrogens with zero attached hydrogens (tertiary/aromatic N) is 1. The van der Waals surface area contributed by atoms with Crippen molar-refractivity contribution in [3.63, 3.8) is 0 Å². The number of nitro benzene ring substituents is 1. The van der Waals surface area contributed by atoms with E-state index in [0.717, 1.165) is 18.2 Å². The standard InChI is InChI=1S/C9H13N5O5S/c1-5(9(10)15)13-20(18,19)6-2-3-8(14(16)17)7(4-6)12-11/h2-5,12-13H,11H2,1H3,(H2,10,15). The number of hydrogen-bond donors (Lipinski definition) is 4. The highest BCUT2D eigenvalue weighted by molar-refractivity contribution is 7.89. The zero-order chi connectivity index (χ0) is 15.5. The number of carbonyl (C=O) groups is 1. The predicted octanol–water partition coefficient (Wildman–Crippen LogP) is -0.967. The minimum atomic E-state index is -4.05. The van der Waals surface area contributed by atoms with Gasteiger partial charge in [0.25, 0.3) is 5.69 Å². The molecule has 0 aromatic heterocycles. The molecule has 1 rings (SSSR count). The van der Waals surface area contributed by atoms with Crippen LogP contribution in [0.3, 0.4) is 0 Å². The Morgan fingerprint density at radius 1 is 1.45 bits per heavy atom. The number of amides is 1. The molecule has 110 valence electrons. The highest BCUT2D eigenvalue weighted by atomic mass is 32.2. The van der Waals surface area contributed by atoms with Gasteiger partial charge >= 0.3 is 0 Å². The third-order valence-electron chi connectivity index (χ3n) is 2.39. The molecule has 0 bridgehead atoms. The van der Waals surface area contributed by atoms with Crippen molar-refractivity contribution in [2.45, 2.75) is 17.9 Å². The molecule has 0 saturated carbocycles. The first kappa shape index (κ1) is 15.8. The molecule has 0 saturated heterocycles. The Balaban J connectivity index is 3.20. The Morgan fingerprint density at radius 2 is 2.05 bits per heavy atom. The third kappa shape index (κ3) is 3.40. The van der Waals surface area contributed by atoms with Crippen LogP contribution < -0.4 is 21.7 Å². The van der Waals surface area contributed by atoms with Crippen molar-refractivity contribution in [1.82, 2.24) is 4.72 Å². The van der Waals surface area contributed by atoms with E-state index in [1.54, 1.807) is 0 Å². The van der Waals surface area contributed by atoms with Crippen molar-refractivity contribution < 1.29 is 18.1 Å². The second-order valence-corrected chi connectivity index (χ2v) is 5.54. The molecule has 0 fully saturated rings. The zero-order valence-electron chi connectivity index (χ0n) is 10.4. The van der Waals surface area contributed by atoms with Gasteiger partial charge in [0.1, 0.15) is 5.69 Å². The molecule has 1 unspecified atom stereocenters. The van der Waals surface area contributed by atoms with Crippen molar-refractivity contribution in [2.24, 2.45) is 11.6 Å². The largest absolute Gasteiger partial charge is 0.368 e. The number of nitrogens with one attached hydrogen (secondary N) is 2. The van der Waals surface area contributed by atoms with Crippen LogP contribution in [0.2, 0.25) is 0 Å². The number of anilines is 1. The second kappa shape index (κ2) is 5.81. The number of hydrazine groups is 1. The van der Waals surface area contributed by atoms with Crippen molar-refractivity contribution in [2.75, 3.05) is 5.43 Å². The van der Waals surface area contributed by atoms with Gasteiger partial charge in [0.05, 0.1) is 15.9 Å². The molecule has 0 spiro atoms. The molecule has 0 heterocycles. The van der Waals surface area contributed by atoms with E-state index in [-0.39, 0.29) is 16.3 Å². The van der Waals surface area contributed by atoms with E-state index in [1.807, 2.05) is 10.1 Å². The lowest BCUT2D eigenvalue weighted by Crippen LogP contribution is -2.42. The lowest BCUT2D eigenvalue weighted by Gasteiger charge is -2.11. The van der Waals surface area contributed by atoms with Gasteiger partial charge in [-0.05, 0) is 19.1 Å². The summed E-state index contributed by atoms with van der Waals surface area (Å²) in [5.74, 6) is 4.25. The lowest BCUT2D eigenvalue weighted by atomic mass is 10.3. The average molecular weight is 303 g/mol. The summed E-state index contributed by atoms with van der Waals surface area (Å²) in [6.07, 6.45) is 0. The van der Waals surface area contributed by atoms with Gasteiger partial charge in [0.2, 0.25) is 15.9 Å². The van der Waals surface area contributed by atoms with Crippen LogP contribution in [-0.2, 0) is 14.8 Å². The van der Waals surface area contributed by atoms with Gasteiger partial charge in [-0.25, -0.2) is 8.42 Å². The molecule has 0 aliphatic carbocycles. The van der Waals surface area contributed by atoms with Crippen LogP contribution in [0.4, 0.5) is 11.4 Å². The van der Waals surface area contributed by atoms with Crippen LogP contribution in [0.25, 0.3) is 0 Å². The quantitative estimate of drug-likeness (QED) is 0.297. The van der Waals surface area contributed by atoms with Crippen LogP contribution in [0, 0.1) is 10.1 Å². The van der Waals surface area contributed by atoms with Crippen molar-refractivity contribution in [3.8, 4) is 0 Å². The summed E-state index contributed by atoms with van der Waals surface area (Å²) in [6.45, 7) is 1.27. The summed E-state index contributed by atoms with van der Waals surface area (Å²) in [5, 5.41) is 10.7. The molecule has 0 aliphatic heterocycles. The molecule has 1 aromatic rings. The van der Waals surface area contributed by atoms with Gasteiger partial charge in [0, 0.05) is 6.07 Å². The van der Waals surface area contributed by atoms with Gasteiger partial charge in [0.15, 0.2) is 0 Å². The Labute approximate surface area is 114 Å². The van der Waals surface area contributed by atoms with Gasteiger partial charge in [-0.2, -0.15) is 4.72 Å². The Kier molecular flexibility index (Phi) is 4.60. The summed E-state index contributed by atoms with van der Waals surface area (Å²) >= 11 is 0. The van der Waals surface area contributed by atoms with Crippen LogP contribution in [0.1, 0.15) is 6.92 Å². The highest BCUT2D eigenvalue weighted by Crippen LogP contribution is 2.26. The lowest BCUT2D eigenvalue weighted by molar-refractivity contribution is -0.384. The van der Waals surface area contributed by atoms with Crippen LogP contribution >= 0.6 is 0 Å². The monoisotopic (exact) mass is 303 g/mol. The number of carbonyl (C=O) groups excluding carboxylic acids is 1. The Hall–Kier alpha value is -2.24. The zero-order valence-corrected chi connectivity index (χ0v) is 11.2. The first-order chi connectivity index (χ1) is 9.19. The fourth-order valence-corrected chi connectivity index (χ4v) is 2.55. The normalized spacial score (nSPS) is 12.7. The van der Waals surface area contributed by atoms with E-state index >= 15 is 0 Å². The minimum absolute atomic E-state index is 0.176. The smallest absolute Gasteiger partial charge is 0.293 e. The van der Waals surface area contributed by atoms with E-state index in [9.17, 15) is 23.3 Å². The van der Waals surface area contributed by atoms with E-state index in [1.165, 1.54) is 6.92 Å². The number of sulfonamides is 1. The molecule has 1 amide bonds. The molecular weight excluding hydrogens is 290 g/mol. The summed E-state index contributed by atoms with van der Waals surface area (Å²) < 4.78 is 25.9. The van der Waals surface area contributed by atoms with Crippen LogP contribution in [0.5, 0.6) is 0 Å². The van der Waals surface area contributed by atoms with Gasteiger partial charge < -0.3 is 11.2 Å². The molecule has 11 heteroatoms. The van der Waals surface area contributed by atoms with E-state index in [0.29, 0.717) is 0 Å². The topological polar surface area (TPSA) is 170 Å². The number of primary amides is 1. The SMILES string of the molecule is CC(NS(=O)(=O)c1ccc([N+](=O)[O-])c(NN)c1)C(N)=O. The summed E-state index contributed by atoms with van der Waals surface area (Å²) in [6, 6.07) is 1.87. The molecule has 20 heavy (non-hydrogen) atoms. The Bertz CT molecular complexity index is 644. The summed E-state index contributed by atoms with van der Waals surface area (Å²) in [4.78, 5) is 20.5. The molecule has 0 aliphatic rings. The number of rotatable bonds is 6.